The smallest absolute Gasteiger partial charge is 0.282 e. The lowest BCUT2D eigenvalue weighted by Gasteiger charge is -2.40. The molecule has 1 N–H and O–H groups in total. The summed E-state index contributed by atoms with van der Waals surface area (Å²) in [5, 5.41) is 9.23. The van der Waals surface area contributed by atoms with Crippen LogP contribution in [0, 0.1) is 12.3 Å². The van der Waals surface area contributed by atoms with Crippen molar-refractivity contribution in [3.05, 3.63) is 0 Å². The average Bonchev–Trinajstić information content (AvgIpc) is 1.98. The monoisotopic (exact) mass is 189 g/mol. The minimum Gasteiger partial charge on any atom is -0.370 e. The Morgan fingerprint density at radius 1 is 1.69 bits per heavy atom. The van der Waals surface area contributed by atoms with Crippen LogP contribution in [-0.4, -0.2) is 40.5 Å². The molecule has 0 radical (unpaired) electrons. The van der Waals surface area contributed by atoms with Gasteiger partial charge in [0.1, 0.15) is 0 Å². The number of likely N-dealkylation sites (tertiary alicyclic amines) is 1. The maximum absolute atomic E-state index is 12.3. The summed E-state index contributed by atoms with van der Waals surface area (Å²) in [6, 6.07) is 0. The minimum atomic E-state index is -2.83. The number of halogens is 2. The van der Waals surface area contributed by atoms with Gasteiger partial charge in [-0.25, -0.2) is 8.78 Å². The summed E-state index contributed by atoms with van der Waals surface area (Å²) >= 11 is 0. The molecule has 3 nitrogen and oxygen atoms in total. The third-order valence-corrected chi connectivity index (χ3v) is 1.83. The highest BCUT2D eigenvalue weighted by Gasteiger charge is 2.49. The Hall–Kier alpha value is -1.15. The van der Waals surface area contributed by atoms with Crippen molar-refractivity contribution >= 4 is 5.91 Å². The number of alkyl halides is 2. The topological polar surface area (TPSA) is 40.5 Å². The Balaban J connectivity index is 2.59. The SMILES string of the molecule is C#C[C@](C)(O)C(=O)N1CC(F)(F)C1. The molecule has 0 aliphatic carbocycles. The first-order valence-electron chi connectivity index (χ1n) is 3.66. The molecule has 1 saturated heterocycles. The van der Waals surface area contributed by atoms with E-state index in [1.54, 1.807) is 0 Å². The van der Waals surface area contributed by atoms with E-state index in [-0.39, 0.29) is 0 Å². The highest BCUT2D eigenvalue weighted by molar-refractivity contribution is 5.88. The molecule has 0 unspecified atom stereocenters. The van der Waals surface area contributed by atoms with Gasteiger partial charge in [-0.2, -0.15) is 0 Å². The number of hydrogen-bond donors (Lipinski definition) is 1. The van der Waals surface area contributed by atoms with Crippen LogP contribution >= 0.6 is 0 Å². The first-order chi connectivity index (χ1) is 5.78. The van der Waals surface area contributed by atoms with E-state index in [4.69, 9.17) is 6.42 Å². The fraction of sp³-hybridized carbons (Fsp3) is 0.625. The molecule has 13 heavy (non-hydrogen) atoms. The van der Waals surface area contributed by atoms with E-state index in [9.17, 15) is 18.7 Å². The molecule has 1 amide bonds. The molecular weight excluding hydrogens is 180 g/mol. The van der Waals surface area contributed by atoms with Gasteiger partial charge in [-0.3, -0.25) is 4.79 Å². The van der Waals surface area contributed by atoms with Crippen molar-refractivity contribution in [3.8, 4) is 12.3 Å². The van der Waals surface area contributed by atoms with Crippen molar-refractivity contribution in [3.63, 3.8) is 0 Å². The molecule has 1 rings (SSSR count). The first-order valence-corrected chi connectivity index (χ1v) is 3.66. The third-order valence-electron chi connectivity index (χ3n) is 1.83. The van der Waals surface area contributed by atoms with Crippen LogP contribution in [0.4, 0.5) is 8.78 Å². The van der Waals surface area contributed by atoms with Gasteiger partial charge in [-0.15, -0.1) is 6.42 Å². The van der Waals surface area contributed by atoms with Gasteiger partial charge in [0.2, 0.25) is 5.60 Å². The molecule has 0 bridgehead atoms. The van der Waals surface area contributed by atoms with Crippen LogP contribution in [0.15, 0.2) is 0 Å². The van der Waals surface area contributed by atoms with Crippen molar-refractivity contribution in [2.24, 2.45) is 0 Å². The molecule has 1 atom stereocenters. The lowest BCUT2D eigenvalue weighted by molar-refractivity contribution is -0.176. The van der Waals surface area contributed by atoms with Crippen molar-refractivity contribution < 1.29 is 18.7 Å². The van der Waals surface area contributed by atoms with Gasteiger partial charge in [0.15, 0.2) is 0 Å². The molecule has 1 fully saturated rings. The molecule has 0 aromatic rings. The second-order valence-electron chi connectivity index (χ2n) is 3.23. The number of hydrogen-bond acceptors (Lipinski definition) is 2. The number of rotatable bonds is 1. The van der Waals surface area contributed by atoms with Crippen LogP contribution in [0.5, 0.6) is 0 Å². The van der Waals surface area contributed by atoms with Gasteiger partial charge in [0.05, 0.1) is 13.1 Å². The first kappa shape index (κ1) is 9.93. The van der Waals surface area contributed by atoms with Crippen molar-refractivity contribution in [1.82, 2.24) is 4.90 Å². The van der Waals surface area contributed by atoms with Crippen LogP contribution in [0.2, 0.25) is 0 Å². The predicted octanol–water partition coefficient (Wildman–Crippen LogP) is -0.152. The van der Waals surface area contributed by atoms with Gasteiger partial charge in [0.25, 0.3) is 11.8 Å². The van der Waals surface area contributed by atoms with Gasteiger partial charge in [0, 0.05) is 0 Å². The molecular formula is C8H9F2NO2. The van der Waals surface area contributed by atoms with Gasteiger partial charge in [-0.05, 0) is 6.92 Å². The Labute approximate surface area is 74.3 Å². The Morgan fingerprint density at radius 2 is 2.15 bits per heavy atom. The zero-order chi connectivity index (χ0) is 10.3. The Kier molecular flexibility index (Phi) is 2.04. The van der Waals surface area contributed by atoms with E-state index in [2.05, 4.69) is 0 Å². The zero-order valence-electron chi connectivity index (χ0n) is 7.05. The fourth-order valence-corrected chi connectivity index (χ4v) is 1.03. The second kappa shape index (κ2) is 2.67. The van der Waals surface area contributed by atoms with Crippen LogP contribution in [0.1, 0.15) is 6.92 Å². The van der Waals surface area contributed by atoms with E-state index < -0.39 is 30.5 Å². The molecule has 0 spiro atoms. The second-order valence-corrected chi connectivity index (χ2v) is 3.23. The summed E-state index contributed by atoms with van der Waals surface area (Å²) in [5.41, 5.74) is -1.98. The van der Waals surface area contributed by atoms with E-state index >= 15 is 0 Å². The van der Waals surface area contributed by atoms with Crippen molar-refractivity contribution in [1.29, 1.82) is 0 Å². The normalized spacial score (nSPS) is 24.1. The summed E-state index contributed by atoms with van der Waals surface area (Å²) in [4.78, 5) is 12.0. The average molecular weight is 189 g/mol. The molecule has 5 heteroatoms. The quantitative estimate of drug-likeness (QED) is 0.583. The molecule has 1 heterocycles. The number of carbonyl (C=O) groups is 1. The largest absolute Gasteiger partial charge is 0.370 e. The number of aliphatic hydroxyl groups is 1. The van der Waals surface area contributed by atoms with Crippen LogP contribution in [-0.2, 0) is 4.79 Å². The number of carbonyl (C=O) groups excluding carboxylic acids is 1. The summed E-state index contributed by atoms with van der Waals surface area (Å²) in [6.07, 6.45) is 4.86. The molecule has 1 aliphatic rings. The molecule has 0 aromatic heterocycles. The van der Waals surface area contributed by atoms with Gasteiger partial charge < -0.3 is 10.0 Å². The Morgan fingerprint density at radius 3 is 2.46 bits per heavy atom. The lowest BCUT2D eigenvalue weighted by Crippen LogP contribution is -2.62. The van der Waals surface area contributed by atoms with Crippen molar-refractivity contribution in [2.75, 3.05) is 13.1 Å². The number of terminal acetylenes is 1. The van der Waals surface area contributed by atoms with E-state index in [0.717, 1.165) is 11.8 Å². The summed E-state index contributed by atoms with van der Waals surface area (Å²) in [6.45, 7) is -0.223. The highest BCUT2D eigenvalue weighted by atomic mass is 19.3. The van der Waals surface area contributed by atoms with E-state index in [1.165, 1.54) is 0 Å². The van der Waals surface area contributed by atoms with E-state index in [0.29, 0.717) is 0 Å². The van der Waals surface area contributed by atoms with Gasteiger partial charge >= 0.3 is 0 Å². The minimum absolute atomic E-state index is 0.663. The number of amides is 1. The number of nitrogens with zero attached hydrogens (tertiary/aromatic N) is 1. The summed E-state index contributed by atoms with van der Waals surface area (Å²) < 4.78 is 24.6. The highest BCUT2D eigenvalue weighted by Crippen LogP contribution is 2.28. The molecule has 0 aromatic carbocycles. The molecule has 72 valence electrons. The summed E-state index contributed by atoms with van der Waals surface area (Å²) in [7, 11) is 0. The molecule has 1 aliphatic heterocycles. The van der Waals surface area contributed by atoms with Gasteiger partial charge in [-0.1, -0.05) is 5.92 Å². The van der Waals surface area contributed by atoms with Crippen LogP contribution < -0.4 is 0 Å². The van der Waals surface area contributed by atoms with Crippen LogP contribution in [0.3, 0.4) is 0 Å². The third kappa shape index (κ3) is 1.78. The summed E-state index contributed by atoms with van der Waals surface area (Å²) in [5.74, 6) is -1.84. The lowest BCUT2D eigenvalue weighted by atomic mass is 10.0. The predicted molar refractivity (Wildman–Crippen MR) is 41.0 cm³/mol. The van der Waals surface area contributed by atoms with Crippen LogP contribution in [0.25, 0.3) is 0 Å². The standard InChI is InChI=1S/C8H9F2NO2/c1-3-7(2,13)6(12)11-4-8(9,10)5-11/h1,13H,4-5H2,2H3/t7-/m0/s1. The maximum Gasteiger partial charge on any atom is 0.282 e. The maximum atomic E-state index is 12.3. The Bertz CT molecular complexity index is 272. The fourth-order valence-electron chi connectivity index (χ4n) is 1.03. The van der Waals surface area contributed by atoms with Crippen molar-refractivity contribution in [2.45, 2.75) is 18.4 Å². The zero-order valence-corrected chi connectivity index (χ0v) is 7.05. The van der Waals surface area contributed by atoms with E-state index in [1.807, 2.05) is 5.92 Å². The molecule has 0 saturated carbocycles.